The van der Waals surface area contributed by atoms with Crippen molar-refractivity contribution in [2.24, 2.45) is 0 Å². The molecule has 2 rings (SSSR count). The molecule has 2 heterocycles. The molecule has 0 N–H and O–H groups in total. The lowest BCUT2D eigenvalue weighted by molar-refractivity contribution is 0.104. The third-order valence-electron chi connectivity index (χ3n) is 2.21. The van der Waals surface area contributed by atoms with Crippen LogP contribution in [0.15, 0.2) is 29.8 Å². The molecule has 0 unspecified atom stereocenters. The second-order valence-electron chi connectivity index (χ2n) is 3.37. The van der Waals surface area contributed by atoms with Gasteiger partial charge < -0.3 is 4.74 Å². The van der Waals surface area contributed by atoms with Crippen molar-refractivity contribution >= 4 is 17.1 Å². The number of ketones is 1. The summed E-state index contributed by atoms with van der Waals surface area (Å²) in [5.74, 6) is 0.703. The first-order valence-corrected chi connectivity index (χ1v) is 5.68. The Bertz CT molecular complexity index is 502. The van der Waals surface area contributed by atoms with Crippen molar-refractivity contribution in [3.05, 3.63) is 45.9 Å². The van der Waals surface area contributed by atoms with E-state index in [4.69, 9.17) is 4.74 Å². The normalized spacial score (nSPS) is 10.1. The summed E-state index contributed by atoms with van der Waals surface area (Å²) in [5.41, 5.74) is 1.51. The Balaban J connectivity index is 2.28. The van der Waals surface area contributed by atoms with E-state index < -0.39 is 0 Å². The maximum atomic E-state index is 12.0. The maximum absolute atomic E-state index is 12.0. The number of thiophene rings is 1. The fraction of sp³-hybridized carbons (Fsp3) is 0.167. The van der Waals surface area contributed by atoms with Crippen LogP contribution in [0.3, 0.4) is 0 Å². The average molecular weight is 233 g/mol. The van der Waals surface area contributed by atoms with E-state index in [2.05, 4.69) is 4.98 Å². The number of hydrogen-bond acceptors (Lipinski definition) is 4. The van der Waals surface area contributed by atoms with Crippen molar-refractivity contribution in [2.45, 2.75) is 6.92 Å². The number of carbonyl (C=O) groups is 1. The topological polar surface area (TPSA) is 39.2 Å². The molecule has 3 nitrogen and oxygen atoms in total. The van der Waals surface area contributed by atoms with Crippen molar-refractivity contribution in [3.8, 4) is 5.75 Å². The van der Waals surface area contributed by atoms with E-state index in [0.29, 0.717) is 16.2 Å². The number of ether oxygens (including phenoxy) is 1. The summed E-state index contributed by atoms with van der Waals surface area (Å²) >= 11 is 1.38. The summed E-state index contributed by atoms with van der Waals surface area (Å²) in [5, 5.41) is 1.81. The highest BCUT2D eigenvalue weighted by Gasteiger charge is 2.12. The lowest BCUT2D eigenvalue weighted by Gasteiger charge is -1.97. The van der Waals surface area contributed by atoms with E-state index in [1.807, 2.05) is 18.4 Å². The fourth-order valence-electron chi connectivity index (χ4n) is 1.29. The zero-order chi connectivity index (χ0) is 11.5. The number of aromatic nitrogens is 1. The third-order valence-corrected chi connectivity index (χ3v) is 3.12. The SMILES string of the molecule is COc1csc(C(=O)c2ccc(C)nc2)c1. The Labute approximate surface area is 97.7 Å². The van der Waals surface area contributed by atoms with Crippen LogP contribution in [0, 0.1) is 6.92 Å². The molecule has 2 aromatic heterocycles. The molecule has 0 bridgehead atoms. The molecule has 0 radical (unpaired) electrons. The Kier molecular flexibility index (Phi) is 3.01. The standard InChI is InChI=1S/C12H11NO2S/c1-8-3-4-9(6-13-8)12(14)11-5-10(15-2)7-16-11/h3-7H,1-2H3. The van der Waals surface area contributed by atoms with Crippen molar-refractivity contribution in [1.82, 2.24) is 4.98 Å². The van der Waals surface area contributed by atoms with Crippen LogP contribution in [-0.2, 0) is 0 Å². The Morgan fingerprint density at radius 1 is 1.44 bits per heavy atom. The van der Waals surface area contributed by atoms with Crippen LogP contribution < -0.4 is 4.74 Å². The van der Waals surface area contributed by atoms with Gasteiger partial charge in [0, 0.05) is 28.9 Å². The minimum absolute atomic E-state index is 0.0131. The zero-order valence-electron chi connectivity index (χ0n) is 9.06. The Hall–Kier alpha value is -1.68. The highest BCUT2D eigenvalue weighted by atomic mass is 32.1. The molecule has 0 aliphatic heterocycles. The Morgan fingerprint density at radius 3 is 2.81 bits per heavy atom. The molecule has 0 aliphatic rings. The highest BCUT2D eigenvalue weighted by Crippen LogP contribution is 2.23. The van der Waals surface area contributed by atoms with E-state index in [1.54, 1.807) is 25.4 Å². The molecule has 0 fully saturated rings. The minimum Gasteiger partial charge on any atom is -0.496 e. The average Bonchev–Trinajstić information content (AvgIpc) is 2.77. The van der Waals surface area contributed by atoms with Gasteiger partial charge in [-0.15, -0.1) is 11.3 Å². The molecule has 0 aromatic carbocycles. The van der Waals surface area contributed by atoms with E-state index in [1.165, 1.54) is 11.3 Å². The first-order valence-electron chi connectivity index (χ1n) is 4.80. The number of hydrogen-bond donors (Lipinski definition) is 0. The van der Waals surface area contributed by atoms with Gasteiger partial charge in [-0.25, -0.2) is 0 Å². The van der Waals surface area contributed by atoms with Crippen LogP contribution in [0.2, 0.25) is 0 Å². The summed E-state index contributed by atoms with van der Waals surface area (Å²) in [4.78, 5) is 16.8. The van der Waals surface area contributed by atoms with Crippen molar-refractivity contribution in [3.63, 3.8) is 0 Å². The lowest BCUT2D eigenvalue weighted by Crippen LogP contribution is -1.99. The summed E-state index contributed by atoms with van der Waals surface area (Å²) < 4.78 is 5.04. The van der Waals surface area contributed by atoms with Crippen LogP contribution in [0.4, 0.5) is 0 Å². The molecule has 82 valence electrons. The van der Waals surface area contributed by atoms with Gasteiger partial charge >= 0.3 is 0 Å². The predicted octanol–water partition coefficient (Wildman–Crippen LogP) is 2.69. The van der Waals surface area contributed by atoms with Gasteiger partial charge in [-0.05, 0) is 19.1 Å². The summed E-state index contributed by atoms with van der Waals surface area (Å²) in [7, 11) is 1.59. The number of carbonyl (C=O) groups excluding carboxylic acids is 1. The molecule has 0 aliphatic carbocycles. The molecule has 0 atom stereocenters. The molecular weight excluding hydrogens is 222 g/mol. The van der Waals surface area contributed by atoms with Crippen LogP contribution in [0.5, 0.6) is 5.75 Å². The van der Waals surface area contributed by atoms with Crippen LogP contribution >= 0.6 is 11.3 Å². The second-order valence-corrected chi connectivity index (χ2v) is 4.28. The van der Waals surface area contributed by atoms with Gasteiger partial charge in [0.15, 0.2) is 0 Å². The molecule has 0 saturated carbocycles. The number of aryl methyl sites for hydroxylation is 1. The molecule has 2 aromatic rings. The highest BCUT2D eigenvalue weighted by molar-refractivity contribution is 7.12. The van der Waals surface area contributed by atoms with Gasteiger partial charge in [0.05, 0.1) is 12.0 Å². The lowest BCUT2D eigenvalue weighted by atomic mass is 10.1. The van der Waals surface area contributed by atoms with Gasteiger partial charge in [0.2, 0.25) is 5.78 Å². The van der Waals surface area contributed by atoms with Gasteiger partial charge in [-0.2, -0.15) is 0 Å². The summed E-state index contributed by atoms with van der Waals surface area (Å²) in [6, 6.07) is 5.36. The third kappa shape index (κ3) is 2.12. The number of methoxy groups -OCH3 is 1. The van der Waals surface area contributed by atoms with Gasteiger partial charge in [-0.3, -0.25) is 9.78 Å². The molecular formula is C12H11NO2S. The van der Waals surface area contributed by atoms with Gasteiger partial charge in [0.1, 0.15) is 5.75 Å². The number of pyridine rings is 1. The van der Waals surface area contributed by atoms with E-state index in [0.717, 1.165) is 5.69 Å². The Morgan fingerprint density at radius 2 is 2.25 bits per heavy atom. The number of nitrogens with zero attached hydrogens (tertiary/aromatic N) is 1. The van der Waals surface area contributed by atoms with Crippen molar-refractivity contribution in [2.75, 3.05) is 7.11 Å². The predicted molar refractivity (Wildman–Crippen MR) is 63.3 cm³/mol. The molecule has 16 heavy (non-hydrogen) atoms. The van der Waals surface area contributed by atoms with E-state index in [9.17, 15) is 4.79 Å². The zero-order valence-corrected chi connectivity index (χ0v) is 9.88. The quantitative estimate of drug-likeness (QED) is 0.765. The first-order chi connectivity index (χ1) is 7.70. The minimum atomic E-state index is -0.0131. The van der Waals surface area contributed by atoms with Gasteiger partial charge in [-0.1, -0.05) is 0 Å². The smallest absolute Gasteiger partial charge is 0.204 e. The monoisotopic (exact) mass is 233 g/mol. The van der Waals surface area contributed by atoms with Crippen LogP contribution in [0.25, 0.3) is 0 Å². The number of rotatable bonds is 3. The molecule has 0 saturated heterocycles. The van der Waals surface area contributed by atoms with Gasteiger partial charge in [0.25, 0.3) is 0 Å². The van der Waals surface area contributed by atoms with Crippen molar-refractivity contribution < 1.29 is 9.53 Å². The van der Waals surface area contributed by atoms with Crippen LogP contribution in [-0.4, -0.2) is 17.9 Å². The summed E-state index contributed by atoms with van der Waals surface area (Å²) in [6.45, 7) is 1.89. The van der Waals surface area contributed by atoms with Crippen molar-refractivity contribution in [1.29, 1.82) is 0 Å². The maximum Gasteiger partial charge on any atom is 0.204 e. The largest absolute Gasteiger partial charge is 0.496 e. The first kappa shape index (κ1) is 10.8. The molecule has 4 heteroatoms. The fourth-order valence-corrected chi connectivity index (χ4v) is 2.11. The second kappa shape index (κ2) is 4.45. The van der Waals surface area contributed by atoms with E-state index >= 15 is 0 Å². The van der Waals surface area contributed by atoms with Crippen LogP contribution in [0.1, 0.15) is 20.9 Å². The van der Waals surface area contributed by atoms with E-state index in [-0.39, 0.29) is 5.78 Å². The molecule has 0 amide bonds. The molecule has 0 spiro atoms. The summed E-state index contributed by atoms with van der Waals surface area (Å²) in [6.07, 6.45) is 1.60.